The van der Waals surface area contributed by atoms with E-state index in [4.69, 9.17) is 56.1 Å². The van der Waals surface area contributed by atoms with Crippen LogP contribution < -0.4 is 0 Å². The number of esters is 1. The second-order valence-corrected chi connectivity index (χ2v) is 30.1. The van der Waals surface area contributed by atoms with E-state index in [1.807, 2.05) is 20.8 Å². The van der Waals surface area contributed by atoms with Crippen molar-refractivity contribution < 1.29 is 144 Å². The number of hydrogen-bond donors (Lipinski definition) is 10. The molecule has 9 aliphatic rings. The zero-order chi connectivity index (χ0) is 65.0. The lowest BCUT2D eigenvalue weighted by Crippen LogP contribution is -2.67. The maximum Gasteiger partial charge on any atom is 0.397 e. The minimum absolute atomic E-state index is 0.0313. The van der Waals surface area contributed by atoms with Gasteiger partial charge in [-0.25, -0.2) is 12.5 Å². The fourth-order valence-electron chi connectivity index (χ4n) is 16.6. The number of aliphatic hydroxyl groups is 7. The molecule has 0 aromatic rings. The zero-order valence-corrected chi connectivity index (χ0v) is 52.6. The summed E-state index contributed by atoms with van der Waals surface area (Å²) in [7, 11) is -14.6. The maximum absolute atomic E-state index is 14.4. The molecule has 0 aromatic carbocycles. The molecule has 0 unspecified atom stereocenters. The second kappa shape index (κ2) is 25.5. The maximum atomic E-state index is 14.4. The number of allylic oxidation sites excluding steroid dienone is 2. The van der Waals surface area contributed by atoms with Crippen LogP contribution in [0.1, 0.15) is 113 Å². The van der Waals surface area contributed by atoms with Gasteiger partial charge in [0.05, 0.1) is 37.4 Å². The van der Waals surface area contributed by atoms with Crippen molar-refractivity contribution in [3.8, 4) is 0 Å². The van der Waals surface area contributed by atoms with Crippen molar-refractivity contribution in [2.75, 3.05) is 26.9 Å². The average molecular weight is 1330 g/mol. The minimum atomic E-state index is -5.25. The van der Waals surface area contributed by atoms with Crippen LogP contribution in [0.5, 0.6) is 0 Å². The van der Waals surface area contributed by atoms with Crippen molar-refractivity contribution in [3.63, 3.8) is 0 Å². The molecule has 0 aromatic heterocycles. The Kier molecular flexibility index (Phi) is 20.4. The van der Waals surface area contributed by atoms with Crippen molar-refractivity contribution in [2.45, 2.75) is 242 Å². The molecule has 3 saturated carbocycles. The molecule has 0 radical (unpaired) electrons. The van der Waals surface area contributed by atoms with Gasteiger partial charge < -0.3 is 83.1 Å². The predicted octanol–water partition coefficient (Wildman–Crippen LogP) is -0.648. The van der Waals surface area contributed by atoms with Crippen molar-refractivity contribution in [1.29, 1.82) is 0 Å². The van der Waals surface area contributed by atoms with Crippen LogP contribution >= 0.6 is 0 Å². The van der Waals surface area contributed by atoms with Gasteiger partial charge in [0.25, 0.3) is 0 Å². The Hall–Kier alpha value is -2.15. The zero-order valence-electron chi connectivity index (χ0n) is 50.2. The molecule has 4 aliphatic carbocycles. The lowest BCUT2D eigenvalue weighted by molar-refractivity contribution is -0.389. The molecule has 34 heteroatoms. The number of cyclic esters (lactones) is 1. The molecular weight excluding hydrogens is 1240 g/mol. The van der Waals surface area contributed by atoms with E-state index in [0.29, 0.717) is 38.5 Å². The molecule has 5 aliphatic heterocycles. The van der Waals surface area contributed by atoms with E-state index in [0.717, 1.165) is 20.0 Å². The third kappa shape index (κ3) is 13.3. The summed E-state index contributed by atoms with van der Waals surface area (Å²) in [5.74, 6) is -0.0671. The summed E-state index contributed by atoms with van der Waals surface area (Å²) in [5, 5.41) is 80.2. The first-order chi connectivity index (χ1) is 40.7. The number of ketones is 1. The Morgan fingerprint density at radius 3 is 1.80 bits per heavy atom. The third-order valence-electron chi connectivity index (χ3n) is 20.7. The normalized spacial score (nSPS) is 47.1. The first kappa shape index (κ1) is 70.2. The number of rotatable bonds is 21. The summed E-state index contributed by atoms with van der Waals surface area (Å²) >= 11 is 0. The summed E-state index contributed by atoms with van der Waals surface area (Å²) in [6, 6.07) is 0. The number of ether oxygens (including phenoxy) is 10. The van der Waals surface area contributed by atoms with E-state index >= 15 is 0 Å². The van der Waals surface area contributed by atoms with Crippen LogP contribution in [-0.2, 0) is 101 Å². The highest BCUT2D eigenvalue weighted by Crippen LogP contribution is 2.76. The van der Waals surface area contributed by atoms with Gasteiger partial charge in [0.15, 0.2) is 25.2 Å². The highest BCUT2D eigenvalue weighted by Gasteiger charge is 2.76. The molecule has 9 rings (SSSR count). The SMILES string of the molecule is CO[C@@H]1[C@@H](O)[C@H](O[C@@H]2[C@@H](O)[C@H](O[C@H]3[C@H](O)[C@@H](O)[C@H](O[C@H]4[C@H](O[C@H]5CC[C@]6(C)[C@@H]7CC[C@]89C(=O)O[C@@](C)(CC(=O)CC(C)C)[C@H]8CC[C@@]9(C)C7=CC[C@H]6C5(C)C)OC[C@@H](OS(=O)(=O)O)[C@@H]4O)O[C@@H]3C)O[C@H](COS(=O)(=O)O)[C@H]2O)O[C@H](COS(=O)(=O)O)[C@H]1O. The summed E-state index contributed by atoms with van der Waals surface area (Å²) in [4.78, 5) is 27.7. The molecule has 88 heavy (non-hydrogen) atoms. The lowest BCUT2D eigenvalue weighted by atomic mass is 9.41. The average Bonchev–Trinajstić information content (AvgIpc) is 1.44. The fourth-order valence-corrected chi connectivity index (χ4v) is 17.7. The van der Waals surface area contributed by atoms with E-state index in [1.54, 1.807) is 0 Å². The highest BCUT2D eigenvalue weighted by atomic mass is 32.3. The van der Waals surface area contributed by atoms with Crippen LogP contribution in [0.2, 0.25) is 0 Å². The molecule has 5 heterocycles. The molecule has 506 valence electrons. The summed E-state index contributed by atoms with van der Waals surface area (Å²) in [5.41, 5.74) is -1.93. The Morgan fingerprint density at radius 1 is 0.648 bits per heavy atom. The van der Waals surface area contributed by atoms with E-state index in [9.17, 15) is 79.7 Å². The van der Waals surface area contributed by atoms with Crippen LogP contribution in [0.25, 0.3) is 0 Å². The molecular formula is C54H86O31S3. The van der Waals surface area contributed by atoms with Gasteiger partial charge in [0.2, 0.25) is 0 Å². The van der Waals surface area contributed by atoms with Gasteiger partial charge in [-0.3, -0.25) is 23.2 Å². The highest BCUT2D eigenvalue weighted by molar-refractivity contribution is 7.81. The monoisotopic (exact) mass is 1330 g/mol. The number of hydrogen-bond acceptors (Lipinski definition) is 28. The van der Waals surface area contributed by atoms with Gasteiger partial charge in [0, 0.05) is 31.3 Å². The van der Waals surface area contributed by atoms with Crippen LogP contribution in [0.15, 0.2) is 11.6 Å². The first-order valence-electron chi connectivity index (χ1n) is 29.5. The molecule has 0 amide bonds. The fraction of sp³-hybridized carbons (Fsp3) is 0.926. The second-order valence-electron chi connectivity index (χ2n) is 26.9. The van der Waals surface area contributed by atoms with Gasteiger partial charge in [-0.2, -0.15) is 25.3 Å². The Bertz CT molecular complexity index is 2910. The lowest BCUT2D eigenvalue weighted by Gasteiger charge is -2.64. The van der Waals surface area contributed by atoms with E-state index in [2.05, 4.69) is 42.1 Å². The van der Waals surface area contributed by atoms with Gasteiger partial charge in [-0.05, 0) is 87.4 Å². The Labute approximate surface area is 510 Å². The van der Waals surface area contributed by atoms with Crippen molar-refractivity contribution in [3.05, 3.63) is 11.6 Å². The first-order valence-corrected chi connectivity index (χ1v) is 33.6. The number of fused-ring (bicyclic) bond motifs is 4. The molecule has 8 fully saturated rings. The quantitative estimate of drug-likeness (QED) is 0.0388. The van der Waals surface area contributed by atoms with E-state index in [-0.39, 0.29) is 47.3 Å². The summed E-state index contributed by atoms with van der Waals surface area (Å²) < 4.78 is 171. The molecule has 31 nitrogen and oxygen atoms in total. The minimum Gasteiger partial charge on any atom is -0.458 e. The van der Waals surface area contributed by atoms with Crippen molar-refractivity contribution in [1.82, 2.24) is 0 Å². The van der Waals surface area contributed by atoms with Crippen LogP contribution in [0.3, 0.4) is 0 Å². The van der Waals surface area contributed by atoms with Gasteiger partial charge >= 0.3 is 37.2 Å². The number of methoxy groups -OCH3 is 1. The molecule has 5 saturated heterocycles. The van der Waals surface area contributed by atoms with E-state index in [1.165, 1.54) is 12.5 Å². The molecule has 10 N–H and O–H groups in total. The van der Waals surface area contributed by atoms with Crippen LogP contribution in [0, 0.1) is 45.3 Å². The molecule has 27 atom stereocenters. The molecule has 0 bridgehead atoms. The predicted molar refractivity (Wildman–Crippen MR) is 292 cm³/mol. The Morgan fingerprint density at radius 2 is 1.22 bits per heavy atom. The topological polar surface area (TPSA) is 459 Å². The standard InChI is InChI=1S/C54H86O31S3/c1-23(2)18-25(55)19-53(8)32-13-16-52(7)27-10-11-31-50(4,5)33(14-15-51(31,6)26(27)12-17-54(32,52)49(63)84-53)80-48-44(36(58)30(20-74-48)85-88(70,71)72)83-45-38(60)37(59)41(24(3)77-45)81-47-40(62)43(35(57)29(79-47)22-76-87(67,68)69)82-46-39(61)42(73-9)34(56)28(78-46)21-75-86(64,65)66/h10,23-24,26,28-48,56-62H,11-22H2,1-9H3,(H,64,65,66)(H,67,68,69)(H,70,71,72)/t24-,26-,28-,29-,30-,31+,32-,33+,34-,35-,36+,37-,38-,39-,40-,41-,42+,43+,44-,45+,46+,47+,48+,51-,52+,53+,54-/m1/s1. The van der Waals surface area contributed by atoms with Gasteiger partial charge in [0.1, 0.15) is 96.8 Å². The smallest absolute Gasteiger partial charge is 0.397 e. The number of Topliss-reactive ketones (excluding diaryl/α,β-unsaturated/α-hetero) is 1. The van der Waals surface area contributed by atoms with Crippen LogP contribution in [-0.4, -0.2) is 242 Å². The third-order valence-corrected chi connectivity index (χ3v) is 22.1. The van der Waals surface area contributed by atoms with Crippen molar-refractivity contribution in [2.24, 2.45) is 45.3 Å². The Balaban J connectivity index is 0.912. The number of carbonyl (C=O) groups excluding carboxylic acids is 2. The summed E-state index contributed by atoms with van der Waals surface area (Å²) in [6.45, 7) is 12.8. The summed E-state index contributed by atoms with van der Waals surface area (Å²) in [6.07, 6.45) is -29.8. The number of aliphatic hydroxyl groups excluding tert-OH is 7. The molecule has 1 spiro atoms. The van der Waals surface area contributed by atoms with Crippen LogP contribution in [0.4, 0.5) is 0 Å². The van der Waals surface area contributed by atoms with E-state index < -0.39 is 196 Å². The van der Waals surface area contributed by atoms with Crippen molar-refractivity contribution >= 4 is 42.9 Å². The van der Waals surface area contributed by atoms with Gasteiger partial charge in [-0.15, -0.1) is 0 Å². The van der Waals surface area contributed by atoms with Gasteiger partial charge in [-0.1, -0.05) is 53.2 Å². The largest absolute Gasteiger partial charge is 0.458 e. The number of carbonyl (C=O) groups is 2.